The minimum absolute atomic E-state index is 0.129. The molecule has 3 rings (SSSR count). The number of halogens is 1. The van der Waals surface area contributed by atoms with Crippen molar-refractivity contribution in [1.82, 2.24) is 24.5 Å². The van der Waals surface area contributed by atoms with Crippen LogP contribution >= 0.6 is 11.6 Å². The number of aromatic nitrogens is 4. The molecule has 0 atom stereocenters. The van der Waals surface area contributed by atoms with Gasteiger partial charge in [-0.2, -0.15) is 5.10 Å². The van der Waals surface area contributed by atoms with E-state index in [2.05, 4.69) is 25.1 Å². The van der Waals surface area contributed by atoms with Crippen LogP contribution in [0, 0.1) is 13.8 Å². The van der Waals surface area contributed by atoms with Crippen molar-refractivity contribution in [3.8, 4) is 5.82 Å². The normalized spacial score (nSPS) is 11.5. The van der Waals surface area contributed by atoms with Gasteiger partial charge in [0.2, 0.25) is 10.0 Å². The molecular formula is C17H19ClN6O2S. The first kappa shape index (κ1) is 19.3. The first-order valence-electron chi connectivity index (χ1n) is 8.20. The Morgan fingerprint density at radius 3 is 2.63 bits per heavy atom. The Bertz CT molecular complexity index is 1050. The van der Waals surface area contributed by atoms with Crippen LogP contribution in [-0.4, -0.2) is 41.3 Å². The molecule has 0 radical (unpaired) electrons. The molecule has 2 N–H and O–H groups in total. The molecule has 27 heavy (non-hydrogen) atoms. The summed E-state index contributed by atoms with van der Waals surface area (Å²) in [7, 11) is -3.61. The van der Waals surface area contributed by atoms with Crippen molar-refractivity contribution in [3.63, 3.8) is 0 Å². The number of benzene rings is 1. The topological polar surface area (TPSA) is 102 Å². The smallest absolute Gasteiger partial charge is 0.240 e. The van der Waals surface area contributed by atoms with Gasteiger partial charge in [-0.1, -0.05) is 17.7 Å². The molecule has 0 bridgehead atoms. The zero-order valence-corrected chi connectivity index (χ0v) is 16.4. The van der Waals surface area contributed by atoms with Crippen LogP contribution in [-0.2, 0) is 10.0 Å². The molecule has 0 aliphatic rings. The molecule has 0 aliphatic heterocycles. The molecule has 0 spiro atoms. The van der Waals surface area contributed by atoms with Gasteiger partial charge in [-0.15, -0.1) is 0 Å². The SMILES string of the molecule is Cc1cc(C)n(-c2cc(NCCNS(=O)(=O)c3cccc(Cl)c3)ncn2)n1. The average molecular weight is 407 g/mol. The van der Waals surface area contributed by atoms with Gasteiger partial charge in [0.05, 0.1) is 10.6 Å². The lowest BCUT2D eigenvalue weighted by atomic mass is 10.4. The van der Waals surface area contributed by atoms with Gasteiger partial charge in [-0.25, -0.2) is 27.8 Å². The third kappa shape index (κ3) is 4.82. The number of nitrogens with zero attached hydrogens (tertiary/aromatic N) is 4. The molecule has 0 saturated carbocycles. The summed E-state index contributed by atoms with van der Waals surface area (Å²) in [5.41, 5.74) is 1.86. The van der Waals surface area contributed by atoms with Crippen molar-refractivity contribution >= 4 is 27.4 Å². The van der Waals surface area contributed by atoms with Crippen LogP contribution in [0.1, 0.15) is 11.4 Å². The number of sulfonamides is 1. The van der Waals surface area contributed by atoms with Gasteiger partial charge in [0.15, 0.2) is 5.82 Å². The van der Waals surface area contributed by atoms with E-state index >= 15 is 0 Å². The Kier molecular flexibility index (Phi) is 5.73. The number of aryl methyl sites for hydroxylation is 2. The highest BCUT2D eigenvalue weighted by atomic mass is 35.5. The maximum atomic E-state index is 12.2. The zero-order chi connectivity index (χ0) is 19.4. The lowest BCUT2D eigenvalue weighted by Gasteiger charge is -2.09. The fourth-order valence-electron chi connectivity index (χ4n) is 2.51. The summed E-state index contributed by atoms with van der Waals surface area (Å²) >= 11 is 5.84. The molecule has 0 amide bonds. The van der Waals surface area contributed by atoms with Gasteiger partial charge < -0.3 is 5.32 Å². The van der Waals surface area contributed by atoms with E-state index in [9.17, 15) is 8.42 Å². The van der Waals surface area contributed by atoms with E-state index in [0.717, 1.165) is 11.4 Å². The van der Waals surface area contributed by atoms with Gasteiger partial charge >= 0.3 is 0 Å². The molecule has 0 unspecified atom stereocenters. The maximum absolute atomic E-state index is 12.2. The molecule has 2 aromatic heterocycles. The lowest BCUT2D eigenvalue weighted by molar-refractivity contribution is 0.583. The van der Waals surface area contributed by atoms with E-state index < -0.39 is 10.0 Å². The van der Waals surface area contributed by atoms with Crippen LogP contribution in [0.3, 0.4) is 0 Å². The lowest BCUT2D eigenvalue weighted by Crippen LogP contribution is -2.29. The van der Waals surface area contributed by atoms with E-state index in [1.54, 1.807) is 22.9 Å². The Morgan fingerprint density at radius 2 is 1.93 bits per heavy atom. The van der Waals surface area contributed by atoms with E-state index in [1.165, 1.54) is 18.5 Å². The van der Waals surface area contributed by atoms with E-state index in [1.807, 2.05) is 19.9 Å². The van der Waals surface area contributed by atoms with E-state index in [-0.39, 0.29) is 11.4 Å². The van der Waals surface area contributed by atoms with Crippen molar-refractivity contribution < 1.29 is 8.42 Å². The molecule has 0 fully saturated rings. The van der Waals surface area contributed by atoms with E-state index in [0.29, 0.717) is 23.2 Å². The van der Waals surface area contributed by atoms with Gasteiger partial charge in [0, 0.05) is 29.9 Å². The monoisotopic (exact) mass is 406 g/mol. The average Bonchev–Trinajstić information content (AvgIpc) is 2.97. The highest BCUT2D eigenvalue weighted by Crippen LogP contribution is 2.15. The summed E-state index contributed by atoms with van der Waals surface area (Å²) in [6.07, 6.45) is 1.43. The van der Waals surface area contributed by atoms with Crippen molar-refractivity contribution in [3.05, 3.63) is 59.1 Å². The fraction of sp³-hybridized carbons (Fsp3) is 0.235. The summed E-state index contributed by atoms with van der Waals surface area (Å²) in [4.78, 5) is 8.50. The first-order chi connectivity index (χ1) is 12.8. The number of hydrogen-bond acceptors (Lipinski definition) is 6. The van der Waals surface area contributed by atoms with Crippen molar-refractivity contribution in [2.24, 2.45) is 0 Å². The molecule has 0 saturated heterocycles. The maximum Gasteiger partial charge on any atom is 0.240 e. The molecule has 2 heterocycles. The van der Waals surface area contributed by atoms with Crippen molar-refractivity contribution in [2.45, 2.75) is 18.7 Å². The second-order valence-electron chi connectivity index (χ2n) is 5.88. The molecular weight excluding hydrogens is 388 g/mol. The van der Waals surface area contributed by atoms with E-state index in [4.69, 9.17) is 11.6 Å². The van der Waals surface area contributed by atoms with Gasteiger partial charge in [-0.05, 0) is 38.1 Å². The van der Waals surface area contributed by atoms with Crippen LogP contribution in [0.15, 0.2) is 47.6 Å². The fourth-order valence-corrected chi connectivity index (χ4v) is 3.85. The molecule has 3 aromatic rings. The van der Waals surface area contributed by atoms with Gasteiger partial charge in [0.1, 0.15) is 12.1 Å². The molecule has 8 nitrogen and oxygen atoms in total. The zero-order valence-electron chi connectivity index (χ0n) is 14.8. The summed E-state index contributed by atoms with van der Waals surface area (Å²) in [5, 5.41) is 7.83. The number of rotatable bonds is 7. The minimum atomic E-state index is -3.61. The Balaban J connectivity index is 1.60. The predicted molar refractivity (Wildman–Crippen MR) is 104 cm³/mol. The molecule has 10 heteroatoms. The highest BCUT2D eigenvalue weighted by Gasteiger charge is 2.13. The largest absolute Gasteiger partial charge is 0.369 e. The first-order valence-corrected chi connectivity index (χ1v) is 10.1. The Hall–Kier alpha value is -2.49. The van der Waals surface area contributed by atoms with Gasteiger partial charge in [0.25, 0.3) is 0 Å². The van der Waals surface area contributed by atoms with Crippen molar-refractivity contribution in [2.75, 3.05) is 18.4 Å². The van der Waals surface area contributed by atoms with Crippen LogP contribution < -0.4 is 10.0 Å². The number of anilines is 1. The third-order valence-corrected chi connectivity index (χ3v) is 5.40. The Labute approximate surface area is 162 Å². The summed E-state index contributed by atoms with van der Waals surface area (Å²) < 4.78 is 28.7. The van der Waals surface area contributed by atoms with Crippen molar-refractivity contribution in [1.29, 1.82) is 0 Å². The molecule has 142 valence electrons. The van der Waals surface area contributed by atoms with Crippen LogP contribution in [0.4, 0.5) is 5.82 Å². The Morgan fingerprint density at radius 1 is 1.11 bits per heavy atom. The second kappa shape index (κ2) is 8.03. The summed E-state index contributed by atoms with van der Waals surface area (Å²) in [5.74, 6) is 1.21. The third-order valence-electron chi connectivity index (χ3n) is 3.71. The molecule has 0 aliphatic carbocycles. The van der Waals surface area contributed by atoms with Gasteiger partial charge in [-0.3, -0.25) is 0 Å². The summed E-state index contributed by atoms with van der Waals surface area (Å²) in [6, 6.07) is 9.83. The second-order valence-corrected chi connectivity index (χ2v) is 8.09. The predicted octanol–water partition coefficient (Wildman–Crippen LogP) is 2.32. The number of hydrogen-bond donors (Lipinski definition) is 2. The quantitative estimate of drug-likeness (QED) is 0.584. The van der Waals surface area contributed by atoms with Crippen LogP contribution in [0.5, 0.6) is 0 Å². The summed E-state index contributed by atoms with van der Waals surface area (Å²) in [6.45, 7) is 4.40. The standard InChI is InChI=1S/C17H19ClN6O2S/c1-12-8-13(2)24(23-12)17-10-16(20-11-21-17)19-6-7-22-27(25,26)15-5-3-4-14(18)9-15/h3-5,8-11,22H,6-7H2,1-2H3,(H,19,20,21). The number of nitrogens with one attached hydrogen (secondary N) is 2. The molecule has 1 aromatic carbocycles. The van der Waals surface area contributed by atoms with Crippen LogP contribution in [0.25, 0.3) is 5.82 Å². The minimum Gasteiger partial charge on any atom is -0.369 e. The van der Waals surface area contributed by atoms with Crippen LogP contribution in [0.2, 0.25) is 5.02 Å². The highest BCUT2D eigenvalue weighted by molar-refractivity contribution is 7.89.